The van der Waals surface area contributed by atoms with Crippen molar-refractivity contribution >= 4 is 21.8 Å². The van der Waals surface area contributed by atoms with E-state index in [9.17, 15) is 4.79 Å². The predicted octanol–water partition coefficient (Wildman–Crippen LogP) is 0.398. The molecule has 1 aromatic rings. The highest BCUT2D eigenvalue weighted by molar-refractivity contribution is 9.09. The fourth-order valence-electron chi connectivity index (χ4n) is 0.594. The van der Waals surface area contributed by atoms with Crippen molar-refractivity contribution in [3.63, 3.8) is 0 Å². The van der Waals surface area contributed by atoms with E-state index in [-0.39, 0.29) is 0 Å². The van der Waals surface area contributed by atoms with Crippen LogP contribution in [0.2, 0.25) is 0 Å². The van der Waals surface area contributed by atoms with E-state index < -0.39 is 10.7 Å². The lowest BCUT2D eigenvalue weighted by Gasteiger charge is -2.01. The number of halogens is 1. The molecule has 5 heteroatoms. The van der Waals surface area contributed by atoms with Gasteiger partial charge >= 0.3 is 0 Å². The predicted molar refractivity (Wildman–Crippen MR) is 42.9 cm³/mol. The standard InChI is InChI=1S/C6H6BrN3O/c7-5(6(8)11)4-2-1-3-9-10-4/h1-3,5H,(H2,8,11). The van der Waals surface area contributed by atoms with Gasteiger partial charge in [-0.15, -0.1) is 0 Å². The molecule has 0 aliphatic heterocycles. The highest BCUT2D eigenvalue weighted by Gasteiger charge is 2.14. The maximum absolute atomic E-state index is 10.6. The summed E-state index contributed by atoms with van der Waals surface area (Å²) in [5.74, 6) is -0.467. The summed E-state index contributed by atoms with van der Waals surface area (Å²) in [6.45, 7) is 0. The normalized spacial score (nSPS) is 12.5. The average molecular weight is 216 g/mol. The fourth-order valence-corrected chi connectivity index (χ4v) is 0.839. The maximum atomic E-state index is 10.6. The zero-order valence-electron chi connectivity index (χ0n) is 5.57. The number of alkyl halides is 1. The third-order valence-electron chi connectivity index (χ3n) is 1.10. The van der Waals surface area contributed by atoms with E-state index >= 15 is 0 Å². The topological polar surface area (TPSA) is 68.9 Å². The van der Waals surface area contributed by atoms with Crippen molar-refractivity contribution in [3.8, 4) is 0 Å². The Labute approximate surface area is 71.9 Å². The second kappa shape index (κ2) is 3.43. The Bertz CT molecular complexity index is 251. The van der Waals surface area contributed by atoms with Crippen molar-refractivity contribution in [3.05, 3.63) is 24.0 Å². The minimum absolute atomic E-state index is 0.467. The first-order chi connectivity index (χ1) is 5.22. The molecule has 0 spiro atoms. The average Bonchev–Trinajstić information content (AvgIpc) is 2.05. The van der Waals surface area contributed by atoms with Crippen molar-refractivity contribution in [2.24, 2.45) is 5.73 Å². The van der Waals surface area contributed by atoms with Crippen LogP contribution >= 0.6 is 15.9 Å². The van der Waals surface area contributed by atoms with Gasteiger partial charge in [0.1, 0.15) is 4.83 Å². The van der Waals surface area contributed by atoms with Gasteiger partial charge in [0.05, 0.1) is 5.69 Å². The number of nitrogens with two attached hydrogens (primary N) is 1. The first-order valence-corrected chi connectivity index (χ1v) is 3.84. The van der Waals surface area contributed by atoms with Crippen LogP contribution in [-0.4, -0.2) is 16.1 Å². The smallest absolute Gasteiger partial charge is 0.237 e. The van der Waals surface area contributed by atoms with E-state index in [1.165, 1.54) is 6.20 Å². The Hall–Kier alpha value is -0.970. The SMILES string of the molecule is NC(=O)C(Br)c1cccnn1. The maximum Gasteiger partial charge on any atom is 0.237 e. The number of primary amides is 1. The number of nitrogens with zero attached hydrogens (tertiary/aromatic N) is 2. The van der Waals surface area contributed by atoms with Gasteiger partial charge in [0, 0.05) is 6.20 Å². The molecule has 0 fully saturated rings. The van der Waals surface area contributed by atoms with E-state index in [0.29, 0.717) is 5.69 Å². The Balaban J connectivity index is 2.85. The largest absolute Gasteiger partial charge is 0.368 e. The summed E-state index contributed by atoms with van der Waals surface area (Å²) in [5.41, 5.74) is 5.54. The van der Waals surface area contributed by atoms with Crippen LogP contribution in [0.25, 0.3) is 0 Å². The summed E-state index contributed by atoms with van der Waals surface area (Å²) in [6.07, 6.45) is 1.53. The quantitative estimate of drug-likeness (QED) is 0.727. The molecule has 58 valence electrons. The summed E-state index contributed by atoms with van der Waals surface area (Å²) < 4.78 is 0. The molecular formula is C6H6BrN3O. The number of hydrogen-bond donors (Lipinski definition) is 1. The zero-order valence-corrected chi connectivity index (χ0v) is 7.15. The molecule has 0 aliphatic rings. The molecule has 11 heavy (non-hydrogen) atoms. The minimum Gasteiger partial charge on any atom is -0.368 e. The molecule has 2 N–H and O–H groups in total. The lowest BCUT2D eigenvalue weighted by molar-refractivity contribution is -0.117. The molecule has 4 nitrogen and oxygen atoms in total. The molecule has 1 heterocycles. The highest BCUT2D eigenvalue weighted by Crippen LogP contribution is 2.18. The van der Waals surface area contributed by atoms with Gasteiger partial charge in [-0.1, -0.05) is 15.9 Å². The van der Waals surface area contributed by atoms with E-state index in [0.717, 1.165) is 0 Å². The number of aromatic nitrogens is 2. The minimum atomic E-state index is -0.545. The van der Waals surface area contributed by atoms with Gasteiger partial charge in [-0.25, -0.2) is 0 Å². The number of rotatable bonds is 2. The van der Waals surface area contributed by atoms with E-state index in [1.54, 1.807) is 12.1 Å². The molecule has 1 rings (SSSR count). The second-order valence-corrected chi connectivity index (χ2v) is 2.83. The Morgan fingerprint density at radius 1 is 1.73 bits per heavy atom. The molecule has 0 saturated heterocycles. The molecule has 0 aliphatic carbocycles. The zero-order chi connectivity index (χ0) is 8.27. The van der Waals surface area contributed by atoms with Crippen molar-refractivity contribution < 1.29 is 4.79 Å². The van der Waals surface area contributed by atoms with Crippen LogP contribution < -0.4 is 5.73 Å². The van der Waals surface area contributed by atoms with Gasteiger partial charge in [-0.2, -0.15) is 10.2 Å². The molecular weight excluding hydrogens is 210 g/mol. The van der Waals surface area contributed by atoms with Crippen LogP contribution in [0.3, 0.4) is 0 Å². The van der Waals surface area contributed by atoms with Crippen LogP contribution in [-0.2, 0) is 4.79 Å². The van der Waals surface area contributed by atoms with E-state index in [2.05, 4.69) is 26.1 Å². The van der Waals surface area contributed by atoms with Crippen LogP contribution in [0.15, 0.2) is 18.3 Å². The van der Waals surface area contributed by atoms with Gasteiger partial charge in [0.15, 0.2) is 0 Å². The summed E-state index contributed by atoms with van der Waals surface area (Å²) >= 11 is 3.07. The Morgan fingerprint density at radius 3 is 2.91 bits per heavy atom. The first kappa shape index (κ1) is 8.13. The molecule has 0 bridgehead atoms. The van der Waals surface area contributed by atoms with Gasteiger partial charge in [-0.05, 0) is 12.1 Å². The van der Waals surface area contributed by atoms with E-state index in [1.807, 2.05) is 0 Å². The third kappa shape index (κ3) is 1.98. The first-order valence-electron chi connectivity index (χ1n) is 2.93. The molecule has 1 unspecified atom stereocenters. The Kier molecular flexibility index (Phi) is 2.53. The van der Waals surface area contributed by atoms with Crippen LogP contribution in [0.1, 0.15) is 10.5 Å². The summed E-state index contributed by atoms with van der Waals surface area (Å²) in [5, 5.41) is 7.30. The van der Waals surface area contributed by atoms with Gasteiger partial charge in [-0.3, -0.25) is 4.79 Å². The van der Waals surface area contributed by atoms with Gasteiger partial charge in [0.25, 0.3) is 0 Å². The summed E-state index contributed by atoms with van der Waals surface area (Å²) in [7, 11) is 0. The number of hydrogen-bond acceptors (Lipinski definition) is 3. The third-order valence-corrected chi connectivity index (χ3v) is 2.02. The number of carbonyl (C=O) groups is 1. The molecule has 1 atom stereocenters. The molecule has 1 aromatic heterocycles. The van der Waals surface area contributed by atoms with Crippen LogP contribution in [0.5, 0.6) is 0 Å². The highest BCUT2D eigenvalue weighted by atomic mass is 79.9. The lowest BCUT2D eigenvalue weighted by Crippen LogP contribution is -2.17. The second-order valence-electron chi connectivity index (χ2n) is 1.91. The number of amides is 1. The molecule has 0 radical (unpaired) electrons. The van der Waals surface area contributed by atoms with Crippen molar-refractivity contribution in [1.82, 2.24) is 10.2 Å². The van der Waals surface area contributed by atoms with Crippen molar-refractivity contribution in [2.75, 3.05) is 0 Å². The fraction of sp³-hybridized carbons (Fsp3) is 0.167. The van der Waals surface area contributed by atoms with Crippen LogP contribution in [0, 0.1) is 0 Å². The monoisotopic (exact) mass is 215 g/mol. The molecule has 0 saturated carbocycles. The van der Waals surface area contributed by atoms with Crippen molar-refractivity contribution in [1.29, 1.82) is 0 Å². The molecule has 0 aromatic carbocycles. The van der Waals surface area contributed by atoms with Gasteiger partial charge < -0.3 is 5.73 Å². The van der Waals surface area contributed by atoms with Gasteiger partial charge in [0.2, 0.25) is 5.91 Å². The summed E-state index contributed by atoms with van der Waals surface area (Å²) in [6, 6.07) is 3.37. The molecule has 1 amide bonds. The lowest BCUT2D eigenvalue weighted by atomic mass is 10.3. The van der Waals surface area contributed by atoms with E-state index in [4.69, 9.17) is 5.73 Å². The Morgan fingerprint density at radius 2 is 2.45 bits per heavy atom. The van der Waals surface area contributed by atoms with Crippen LogP contribution in [0.4, 0.5) is 0 Å². The number of carbonyl (C=O) groups excluding carboxylic acids is 1. The summed E-state index contributed by atoms with van der Waals surface area (Å²) in [4.78, 5) is 10.1. The van der Waals surface area contributed by atoms with Crippen molar-refractivity contribution in [2.45, 2.75) is 4.83 Å².